The number of carboxylic acid groups (broad SMARTS) is 1. The zero-order valence-corrected chi connectivity index (χ0v) is 38.3. The summed E-state index contributed by atoms with van der Waals surface area (Å²) >= 11 is 0. The van der Waals surface area contributed by atoms with Crippen molar-refractivity contribution in [3.63, 3.8) is 0 Å². The summed E-state index contributed by atoms with van der Waals surface area (Å²) in [7, 11) is 5.47. The molecule has 338 valence electrons. The van der Waals surface area contributed by atoms with Gasteiger partial charge in [-0.25, -0.2) is 4.79 Å². The van der Waals surface area contributed by atoms with E-state index < -0.39 is 18.1 Å². The maximum Gasteiger partial charge on any atom is 0.362 e. The van der Waals surface area contributed by atoms with Crippen molar-refractivity contribution < 1.29 is 38.2 Å². The van der Waals surface area contributed by atoms with Crippen LogP contribution in [-0.4, -0.2) is 80.6 Å². The summed E-state index contributed by atoms with van der Waals surface area (Å²) < 4.78 is 17.2. The summed E-state index contributed by atoms with van der Waals surface area (Å²) in [6.07, 6.45) is 61.8. The van der Waals surface area contributed by atoms with Crippen molar-refractivity contribution in [2.75, 3.05) is 41.0 Å². The van der Waals surface area contributed by atoms with Crippen LogP contribution in [0.5, 0.6) is 0 Å². The summed E-state index contributed by atoms with van der Waals surface area (Å²) in [6, 6.07) is -0.643. The van der Waals surface area contributed by atoms with Crippen molar-refractivity contribution in [1.82, 2.24) is 0 Å². The van der Waals surface area contributed by atoms with Gasteiger partial charge in [-0.15, -0.1) is 0 Å². The molecule has 0 fully saturated rings. The molecular formula is C53H80NO7+. The summed E-state index contributed by atoms with van der Waals surface area (Å²) in [5, 5.41) is 9.63. The van der Waals surface area contributed by atoms with E-state index in [0.717, 1.165) is 70.6 Å². The maximum absolute atomic E-state index is 12.7. The largest absolute Gasteiger partial charge is 0.477 e. The van der Waals surface area contributed by atoms with Gasteiger partial charge in [-0.1, -0.05) is 166 Å². The molecule has 0 aliphatic rings. The zero-order valence-electron chi connectivity index (χ0n) is 38.3. The Labute approximate surface area is 370 Å². The van der Waals surface area contributed by atoms with E-state index in [1.54, 1.807) is 0 Å². The second kappa shape index (κ2) is 41.9. The Morgan fingerprint density at radius 1 is 0.508 bits per heavy atom. The van der Waals surface area contributed by atoms with Crippen molar-refractivity contribution in [1.29, 1.82) is 0 Å². The van der Waals surface area contributed by atoms with Crippen LogP contribution >= 0.6 is 0 Å². The van der Waals surface area contributed by atoms with E-state index in [1.165, 1.54) is 0 Å². The van der Waals surface area contributed by atoms with E-state index >= 15 is 0 Å². The molecule has 0 heterocycles. The van der Waals surface area contributed by atoms with Crippen LogP contribution in [0.4, 0.5) is 0 Å². The van der Waals surface area contributed by atoms with E-state index in [0.29, 0.717) is 19.3 Å². The number of aliphatic carboxylic acids is 1. The van der Waals surface area contributed by atoms with Crippen LogP contribution in [0.25, 0.3) is 0 Å². The molecule has 0 radical (unpaired) electrons. The standard InChI is InChI=1S/C53H79NO7/c1-6-8-10-12-14-16-18-20-22-24-25-26-28-29-31-33-35-37-39-41-43-51(55)60-48-49(47-59-46-45-50(53(57)58)54(3,4)5)61-52(56)44-42-40-38-36-34-32-30-27-23-21-19-17-15-13-11-9-7-2/h8-11,13-17,19-23,25-27,29-32,34-35,37,49-50H,6-7,12,18,24,28,33,36,38-48H2,1-5H3/p+1/b10-8+,11-9+,15-13+,16-14+,19-17+,22-20+,23-21+,26-25+,30-27+,31-29+,34-32+,37-35+. The summed E-state index contributed by atoms with van der Waals surface area (Å²) in [6.45, 7) is 4.33. The molecule has 0 aliphatic carbocycles. The van der Waals surface area contributed by atoms with Crippen LogP contribution in [0.15, 0.2) is 146 Å². The van der Waals surface area contributed by atoms with Gasteiger partial charge in [0.25, 0.3) is 0 Å². The second-order valence-corrected chi connectivity index (χ2v) is 15.3. The fourth-order valence-corrected chi connectivity index (χ4v) is 5.49. The van der Waals surface area contributed by atoms with E-state index in [9.17, 15) is 19.5 Å². The van der Waals surface area contributed by atoms with Gasteiger partial charge in [-0.3, -0.25) is 9.59 Å². The minimum Gasteiger partial charge on any atom is -0.477 e. The van der Waals surface area contributed by atoms with Crippen LogP contribution in [0.1, 0.15) is 117 Å². The Kier molecular flexibility index (Phi) is 38.6. The lowest BCUT2D eigenvalue weighted by molar-refractivity contribution is -0.887. The lowest BCUT2D eigenvalue weighted by Gasteiger charge is -2.31. The third kappa shape index (κ3) is 40.4. The molecule has 2 atom stereocenters. The number of carboxylic acids is 1. The fourth-order valence-electron chi connectivity index (χ4n) is 5.49. The highest BCUT2D eigenvalue weighted by Crippen LogP contribution is 2.11. The molecule has 8 heteroatoms. The molecule has 0 rings (SSSR count). The van der Waals surface area contributed by atoms with Gasteiger partial charge in [0.05, 0.1) is 34.4 Å². The Morgan fingerprint density at radius 2 is 0.967 bits per heavy atom. The molecule has 0 bridgehead atoms. The van der Waals surface area contributed by atoms with E-state index in [-0.39, 0.29) is 49.1 Å². The van der Waals surface area contributed by atoms with Crippen molar-refractivity contribution in [2.45, 2.75) is 129 Å². The van der Waals surface area contributed by atoms with Crippen LogP contribution in [0.2, 0.25) is 0 Å². The number of allylic oxidation sites excluding steroid dienone is 24. The minimum absolute atomic E-state index is 0.0124. The third-order valence-electron chi connectivity index (χ3n) is 8.90. The number of carbonyl (C=O) groups excluding carboxylic acids is 2. The Hall–Kier alpha value is -4.79. The molecule has 0 aromatic rings. The highest BCUT2D eigenvalue weighted by molar-refractivity contribution is 5.72. The lowest BCUT2D eigenvalue weighted by Crippen LogP contribution is -2.50. The van der Waals surface area contributed by atoms with Crippen molar-refractivity contribution in [2.24, 2.45) is 0 Å². The maximum atomic E-state index is 12.7. The Morgan fingerprint density at radius 3 is 1.48 bits per heavy atom. The monoisotopic (exact) mass is 843 g/mol. The zero-order chi connectivity index (χ0) is 44.9. The SMILES string of the molecule is CC/C=C/C=C/C=C/C=C/C=C/C=C/CCCCCC(=O)OC(COCCC(C(=O)O)[N+](C)(C)C)COC(=O)CCC/C=C/C/C=C/C/C=C/C/C=C/C/C=C/C/C=C/CC. The van der Waals surface area contributed by atoms with Gasteiger partial charge in [0.15, 0.2) is 12.1 Å². The smallest absolute Gasteiger partial charge is 0.362 e. The molecule has 2 unspecified atom stereocenters. The molecular weight excluding hydrogens is 763 g/mol. The number of hydrogen-bond donors (Lipinski definition) is 1. The highest BCUT2D eigenvalue weighted by atomic mass is 16.6. The molecule has 0 saturated heterocycles. The fraction of sp³-hybridized carbons (Fsp3) is 0.491. The van der Waals surface area contributed by atoms with Gasteiger partial charge in [0.1, 0.15) is 6.61 Å². The number of likely N-dealkylation sites (N-methyl/N-ethyl adjacent to an activating group) is 1. The number of esters is 2. The van der Waals surface area contributed by atoms with Crippen molar-refractivity contribution >= 4 is 17.9 Å². The van der Waals surface area contributed by atoms with E-state index in [1.807, 2.05) is 81.9 Å². The predicted molar refractivity (Wildman–Crippen MR) is 256 cm³/mol. The van der Waals surface area contributed by atoms with E-state index in [4.69, 9.17) is 14.2 Å². The van der Waals surface area contributed by atoms with Gasteiger partial charge in [-0.05, 0) is 77.0 Å². The molecule has 0 aliphatic heterocycles. The molecule has 0 spiro atoms. The van der Waals surface area contributed by atoms with Gasteiger partial charge < -0.3 is 23.8 Å². The number of unbranched alkanes of at least 4 members (excludes halogenated alkanes) is 4. The average Bonchev–Trinajstić information content (AvgIpc) is 3.22. The van der Waals surface area contributed by atoms with Gasteiger partial charge in [0.2, 0.25) is 0 Å². The van der Waals surface area contributed by atoms with Crippen molar-refractivity contribution in [3.8, 4) is 0 Å². The normalized spacial score (nSPS) is 14.3. The van der Waals surface area contributed by atoms with Gasteiger partial charge in [0, 0.05) is 19.3 Å². The first-order chi connectivity index (χ1) is 29.6. The number of hydrogen-bond acceptors (Lipinski definition) is 6. The number of rotatable bonds is 37. The van der Waals surface area contributed by atoms with Gasteiger partial charge >= 0.3 is 17.9 Å². The van der Waals surface area contributed by atoms with Crippen LogP contribution < -0.4 is 0 Å². The summed E-state index contributed by atoms with van der Waals surface area (Å²) in [5.74, 6) is -1.63. The highest BCUT2D eigenvalue weighted by Gasteiger charge is 2.31. The quantitative estimate of drug-likeness (QED) is 0.0219. The molecule has 0 aromatic carbocycles. The Bertz CT molecular complexity index is 1490. The topological polar surface area (TPSA) is 99.1 Å². The first-order valence-electron chi connectivity index (χ1n) is 22.5. The number of nitrogens with zero attached hydrogens (tertiary/aromatic N) is 1. The molecule has 8 nitrogen and oxygen atoms in total. The number of carbonyl (C=O) groups is 3. The lowest BCUT2D eigenvalue weighted by atomic mass is 10.1. The summed E-state index contributed by atoms with van der Waals surface area (Å²) in [5.41, 5.74) is 0. The van der Waals surface area contributed by atoms with Crippen LogP contribution in [0.3, 0.4) is 0 Å². The first kappa shape index (κ1) is 56.2. The first-order valence-corrected chi connectivity index (χ1v) is 22.5. The predicted octanol–water partition coefficient (Wildman–Crippen LogP) is 12.6. The second-order valence-electron chi connectivity index (χ2n) is 15.3. The van der Waals surface area contributed by atoms with Crippen LogP contribution in [0, 0.1) is 0 Å². The van der Waals surface area contributed by atoms with E-state index in [2.05, 4.69) is 98.9 Å². The molecule has 0 saturated carbocycles. The Balaban J connectivity index is 4.57. The minimum atomic E-state index is -0.899. The number of quaternary nitrogens is 1. The van der Waals surface area contributed by atoms with Gasteiger partial charge in [-0.2, -0.15) is 0 Å². The molecule has 61 heavy (non-hydrogen) atoms. The molecule has 0 amide bonds. The summed E-state index contributed by atoms with van der Waals surface area (Å²) in [4.78, 5) is 37.0. The molecule has 1 N–H and O–H groups in total. The average molecular weight is 843 g/mol. The number of ether oxygens (including phenoxy) is 3. The van der Waals surface area contributed by atoms with Crippen LogP contribution in [-0.2, 0) is 28.6 Å². The molecule has 0 aromatic heterocycles. The van der Waals surface area contributed by atoms with Crippen molar-refractivity contribution in [3.05, 3.63) is 146 Å². The third-order valence-corrected chi connectivity index (χ3v) is 8.90.